The Morgan fingerprint density at radius 1 is 1.24 bits per heavy atom. The summed E-state index contributed by atoms with van der Waals surface area (Å²) >= 11 is 1.93. The van der Waals surface area contributed by atoms with E-state index in [1.807, 2.05) is 18.0 Å². The van der Waals surface area contributed by atoms with Gasteiger partial charge in [0, 0.05) is 18.3 Å². The van der Waals surface area contributed by atoms with Gasteiger partial charge in [0.05, 0.1) is 0 Å². The number of rotatable bonds is 7. The number of hydrogen-bond donors (Lipinski definition) is 2. The summed E-state index contributed by atoms with van der Waals surface area (Å²) in [6.45, 7) is 2.08. The first-order valence-electron chi connectivity index (χ1n) is 6.16. The second kappa shape index (κ2) is 6.72. The molecule has 0 spiro atoms. The lowest BCUT2D eigenvalue weighted by molar-refractivity contribution is 0.644. The van der Waals surface area contributed by atoms with Gasteiger partial charge in [-0.3, -0.25) is 0 Å². The van der Waals surface area contributed by atoms with Crippen molar-refractivity contribution in [2.45, 2.75) is 19.4 Å². The molecule has 0 saturated heterocycles. The Labute approximate surface area is 107 Å². The minimum atomic E-state index is 0.966. The van der Waals surface area contributed by atoms with Gasteiger partial charge in [-0.1, -0.05) is 12.1 Å². The molecule has 2 rings (SSSR count). The van der Waals surface area contributed by atoms with Crippen LogP contribution in [0.1, 0.15) is 18.4 Å². The summed E-state index contributed by atoms with van der Waals surface area (Å²) in [5, 5.41) is 4.78. The smallest absolute Gasteiger partial charge is 0.0457 e. The maximum atomic E-state index is 3.49. The number of nitrogens with one attached hydrogen (secondary N) is 2. The van der Waals surface area contributed by atoms with Crippen LogP contribution in [0.3, 0.4) is 0 Å². The Hall–Kier alpha value is -0.930. The average molecular weight is 248 g/mol. The van der Waals surface area contributed by atoms with E-state index >= 15 is 0 Å². The van der Waals surface area contributed by atoms with Crippen LogP contribution in [0.2, 0.25) is 0 Å². The second-order valence-corrected chi connectivity index (χ2v) is 5.26. The molecular formula is C14H20N2S. The molecule has 0 aliphatic rings. The molecule has 0 bridgehead atoms. The lowest BCUT2D eigenvalue weighted by atomic mass is 10.1. The molecule has 3 heteroatoms. The molecule has 0 aliphatic carbocycles. The second-order valence-electron chi connectivity index (χ2n) is 4.28. The lowest BCUT2D eigenvalue weighted by Gasteiger charge is -2.05. The van der Waals surface area contributed by atoms with E-state index in [0.29, 0.717) is 0 Å². The van der Waals surface area contributed by atoms with Gasteiger partial charge in [0.25, 0.3) is 0 Å². The number of unbranched alkanes of at least 4 members (excludes halogenated alkanes) is 1. The van der Waals surface area contributed by atoms with E-state index < -0.39 is 0 Å². The van der Waals surface area contributed by atoms with E-state index in [0.717, 1.165) is 13.1 Å². The highest BCUT2D eigenvalue weighted by Gasteiger charge is 1.97. The number of aromatic amines is 1. The normalized spacial score (nSPS) is 11.1. The van der Waals surface area contributed by atoms with E-state index in [1.54, 1.807) is 0 Å². The van der Waals surface area contributed by atoms with Gasteiger partial charge in [-0.05, 0) is 54.5 Å². The van der Waals surface area contributed by atoms with Crippen molar-refractivity contribution < 1.29 is 0 Å². The summed E-state index contributed by atoms with van der Waals surface area (Å²) < 4.78 is 0. The zero-order valence-corrected chi connectivity index (χ0v) is 11.1. The minimum absolute atomic E-state index is 0.966. The van der Waals surface area contributed by atoms with Crippen molar-refractivity contribution >= 4 is 22.7 Å². The molecule has 17 heavy (non-hydrogen) atoms. The van der Waals surface area contributed by atoms with Crippen LogP contribution >= 0.6 is 11.8 Å². The van der Waals surface area contributed by atoms with Gasteiger partial charge in [0.1, 0.15) is 0 Å². The average Bonchev–Trinajstić information content (AvgIpc) is 2.81. The molecule has 0 radical (unpaired) electrons. The molecule has 1 heterocycles. The maximum Gasteiger partial charge on any atom is 0.0457 e. The number of fused-ring (bicyclic) bond motifs is 1. The fourth-order valence-corrected chi connectivity index (χ4v) is 2.43. The molecule has 0 saturated carbocycles. The summed E-state index contributed by atoms with van der Waals surface area (Å²) in [4.78, 5) is 3.25. The van der Waals surface area contributed by atoms with E-state index in [4.69, 9.17) is 0 Å². The SMILES string of the molecule is CSCCCCNCc1ccc2cc[nH]c2c1. The number of hydrogen-bond acceptors (Lipinski definition) is 2. The largest absolute Gasteiger partial charge is 0.361 e. The Morgan fingerprint density at radius 3 is 3.06 bits per heavy atom. The summed E-state index contributed by atoms with van der Waals surface area (Å²) in [5.74, 6) is 1.27. The fourth-order valence-electron chi connectivity index (χ4n) is 1.93. The zero-order chi connectivity index (χ0) is 11.9. The van der Waals surface area contributed by atoms with Crippen molar-refractivity contribution in [3.63, 3.8) is 0 Å². The fraction of sp³-hybridized carbons (Fsp3) is 0.429. The molecular weight excluding hydrogens is 228 g/mol. The highest BCUT2D eigenvalue weighted by molar-refractivity contribution is 7.98. The van der Waals surface area contributed by atoms with Crippen molar-refractivity contribution in [1.29, 1.82) is 0 Å². The maximum absolute atomic E-state index is 3.49. The molecule has 1 aromatic heterocycles. The van der Waals surface area contributed by atoms with Crippen molar-refractivity contribution in [3.8, 4) is 0 Å². The van der Waals surface area contributed by atoms with Crippen LogP contribution in [0.4, 0.5) is 0 Å². The van der Waals surface area contributed by atoms with Crippen LogP contribution in [-0.4, -0.2) is 23.5 Å². The molecule has 0 unspecified atom stereocenters. The summed E-state index contributed by atoms with van der Waals surface area (Å²) in [7, 11) is 0. The Morgan fingerprint density at radius 2 is 2.18 bits per heavy atom. The van der Waals surface area contributed by atoms with Crippen LogP contribution in [0.15, 0.2) is 30.5 Å². The third kappa shape index (κ3) is 3.79. The van der Waals surface area contributed by atoms with Crippen molar-refractivity contribution in [1.82, 2.24) is 10.3 Å². The standard InChI is InChI=1S/C14H20N2S/c1-17-9-3-2-7-15-11-12-4-5-13-6-8-16-14(13)10-12/h4-6,8,10,15-16H,2-3,7,9,11H2,1H3. The molecule has 0 amide bonds. The van der Waals surface area contributed by atoms with Gasteiger partial charge in [0.15, 0.2) is 0 Å². The van der Waals surface area contributed by atoms with Gasteiger partial charge in [-0.15, -0.1) is 0 Å². The number of thioether (sulfide) groups is 1. The zero-order valence-electron chi connectivity index (χ0n) is 10.3. The van der Waals surface area contributed by atoms with Crippen molar-refractivity contribution in [3.05, 3.63) is 36.0 Å². The molecule has 0 aliphatic heterocycles. The Kier molecular flexibility index (Phi) is 4.95. The van der Waals surface area contributed by atoms with Gasteiger partial charge in [-0.2, -0.15) is 11.8 Å². The predicted octanol–water partition coefficient (Wildman–Crippen LogP) is 3.40. The quantitative estimate of drug-likeness (QED) is 0.735. The van der Waals surface area contributed by atoms with E-state index in [1.165, 1.54) is 35.1 Å². The van der Waals surface area contributed by atoms with E-state index in [2.05, 4.69) is 40.8 Å². The number of H-pyrrole nitrogens is 1. The van der Waals surface area contributed by atoms with E-state index in [-0.39, 0.29) is 0 Å². The van der Waals surface area contributed by atoms with E-state index in [9.17, 15) is 0 Å². The van der Waals surface area contributed by atoms with Crippen LogP contribution in [-0.2, 0) is 6.54 Å². The van der Waals surface area contributed by atoms with Gasteiger partial charge in [-0.25, -0.2) is 0 Å². The van der Waals surface area contributed by atoms with Gasteiger partial charge < -0.3 is 10.3 Å². The summed E-state index contributed by atoms with van der Waals surface area (Å²) in [5.41, 5.74) is 2.58. The number of benzene rings is 1. The summed E-state index contributed by atoms with van der Waals surface area (Å²) in [6.07, 6.45) is 6.73. The first-order valence-corrected chi connectivity index (χ1v) is 7.55. The molecule has 92 valence electrons. The van der Waals surface area contributed by atoms with Crippen LogP contribution in [0.5, 0.6) is 0 Å². The van der Waals surface area contributed by atoms with Gasteiger partial charge >= 0.3 is 0 Å². The van der Waals surface area contributed by atoms with Crippen LogP contribution in [0.25, 0.3) is 10.9 Å². The molecule has 2 nitrogen and oxygen atoms in total. The molecule has 0 atom stereocenters. The lowest BCUT2D eigenvalue weighted by Crippen LogP contribution is -2.14. The van der Waals surface area contributed by atoms with Gasteiger partial charge in [0.2, 0.25) is 0 Å². The first-order chi connectivity index (χ1) is 8.40. The Bertz CT molecular complexity index is 450. The molecule has 2 N–H and O–H groups in total. The topological polar surface area (TPSA) is 27.8 Å². The van der Waals surface area contributed by atoms with Crippen molar-refractivity contribution in [2.75, 3.05) is 18.6 Å². The number of aromatic nitrogens is 1. The highest BCUT2D eigenvalue weighted by atomic mass is 32.2. The Balaban J connectivity index is 1.75. The molecule has 1 aromatic carbocycles. The third-order valence-electron chi connectivity index (χ3n) is 2.90. The van der Waals surface area contributed by atoms with Crippen LogP contribution < -0.4 is 5.32 Å². The summed E-state index contributed by atoms with van der Waals surface area (Å²) in [6, 6.07) is 8.71. The first kappa shape index (κ1) is 12.5. The predicted molar refractivity (Wildman–Crippen MR) is 77.6 cm³/mol. The van der Waals surface area contributed by atoms with Crippen LogP contribution in [0, 0.1) is 0 Å². The highest BCUT2D eigenvalue weighted by Crippen LogP contribution is 2.13. The monoisotopic (exact) mass is 248 g/mol. The minimum Gasteiger partial charge on any atom is -0.361 e. The third-order valence-corrected chi connectivity index (χ3v) is 3.60. The van der Waals surface area contributed by atoms with Crippen molar-refractivity contribution in [2.24, 2.45) is 0 Å². The molecule has 0 fully saturated rings. The molecule has 2 aromatic rings.